The smallest absolute Gasteiger partial charge is 0.307 e. The molecular weight excluding hydrogens is 344 g/mol. The topological polar surface area (TPSA) is 84.5 Å². The molecule has 0 aromatic heterocycles. The van der Waals surface area contributed by atoms with Crippen molar-refractivity contribution in [3.8, 4) is 0 Å². The molecule has 0 fully saturated rings. The molecule has 0 aliphatic carbocycles. The average molecular weight is 368 g/mol. The van der Waals surface area contributed by atoms with Crippen LogP contribution in [0.25, 0.3) is 0 Å². The normalized spacial score (nSPS) is 12.6. The van der Waals surface area contributed by atoms with Crippen LogP contribution in [-0.4, -0.2) is 23.9 Å². The third-order valence-electron chi connectivity index (χ3n) is 3.99. The first-order valence-corrected chi connectivity index (χ1v) is 8.78. The fraction of sp³-hybridized carbons (Fsp3) is 0.286. The Bertz CT molecular complexity index is 788. The maximum atomic E-state index is 12.2. The van der Waals surface area contributed by atoms with Crippen molar-refractivity contribution in [3.05, 3.63) is 60.2 Å². The second-order valence-corrected chi connectivity index (χ2v) is 6.40. The van der Waals surface area contributed by atoms with Crippen LogP contribution in [-0.2, 0) is 19.1 Å². The molecule has 0 unspecified atom stereocenters. The van der Waals surface area contributed by atoms with E-state index in [0.29, 0.717) is 11.4 Å². The van der Waals surface area contributed by atoms with Crippen LogP contribution in [0.4, 0.5) is 11.4 Å². The number of hydrogen-bond donors (Lipinski definition) is 2. The van der Waals surface area contributed by atoms with E-state index in [1.807, 2.05) is 37.3 Å². The first kappa shape index (κ1) is 20.2. The zero-order valence-corrected chi connectivity index (χ0v) is 15.7. The highest BCUT2D eigenvalue weighted by Crippen LogP contribution is 2.19. The number of benzene rings is 2. The third-order valence-corrected chi connectivity index (χ3v) is 3.99. The van der Waals surface area contributed by atoms with Gasteiger partial charge in [0.2, 0.25) is 5.91 Å². The predicted molar refractivity (Wildman–Crippen MR) is 104 cm³/mol. The van der Waals surface area contributed by atoms with Gasteiger partial charge in [0.1, 0.15) is 0 Å². The van der Waals surface area contributed by atoms with Crippen LogP contribution in [0, 0.1) is 0 Å². The molecule has 0 saturated heterocycles. The van der Waals surface area contributed by atoms with Gasteiger partial charge in [0.05, 0.1) is 6.42 Å². The first-order chi connectivity index (χ1) is 12.8. The number of esters is 1. The van der Waals surface area contributed by atoms with Crippen LogP contribution < -0.4 is 10.6 Å². The van der Waals surface area contributed by atoms with Gasteiger partial charge in [-0.1, -0.05) is 37.3 Å². The van der Waals surface area contributed by atoms with E-state index in [0.717, 1.165) is 5.56 Å². The highest BCUT2D eigenvalue weighted by molar-refractivity contribution is 5.95. The molecular formula is C21H24N2O4. The lowest BCUT2D eigenvalue weighted by atomic mass is 9.98. The van der Waals surface area contributed by atoms with Crippen molar-refractivity contribution in [2.75, 3.05) is 10.6 Å². The zero-order chi connectivity index (χ0) is 19.8. The zero-order valence-electron chi connectivity index (χ0n) is 15.7. The van der Waals surface area contributed by atoms with Crippen molar-refractivity contribution in [2.45, 2.75) is 39.2 Å². The second-order valence-electron chi connectivity index (χ2n) is 6.40. The highest BCUT2D eigenvalue weighted by atomic mass is 16.5. The molecule has 27 heavy (non-hydrogen) atoms. The van der Waals surface area contributed by atoms with Crippen molar-refractivity contribution in [1.29, 1.82) is 0 Å². The SMILES string of the molecule is CC(=O)Nc1ccc(NC(=O)[C@@H](C)OC(=O)C[C@@H](C)c2ccccc2)cc1. The van der Waals surface area contributed by atoms with Gasteiger partial charge in [-0.3, -0.25) is 14.4 Å². The number of ether oxygens (including phenoxy) is 1. The van der Waals surface area contributed by atoms with Gasteiger partial charge in [0.15, 0.2) is 6.10 Å². The van der Waals surface area contributed by atoms with Crippen molar-refractivity contribution in [2.24, 2.45) is 0 Å². The maximum absolute atomic E-state index is 12.2. The molecule has 0 saturated carbocycles. The minimum Gasteiger partial charge on any atom is -0.453 e. The van der Waals surface area contributed by atoms with E-state index >= 15 is 0 Å². The Balaban J connectivity index is 1.84. The van der Waals surface area contributed by atoms with Crippen LogP contribution >= 0.6 is 0 Å². The minimum absolute atomic E-state index is 0.00952. The molecule has 0 aliphatic heterocycles. The number of carbonyl (C=O) groups is 3. The summed E-state index contributed by atoms with van der Waals surface area (Å²) in [5.41, 5.74) is 2.23. The van der Waals surface area contributed by atoms with Crippen LogP contribution in [0.1, 0.15) is 38.7 Å². The highest BCUT2D eigenvalue weighted by Gasteiger charge is 2.20. The van der Waals surface area contributed by atoms with Crippen LogP contribution in [0.3, 0.4) is 0 Å². The second kappa shape index (κ2) is 9.52. The molecule has 0 bridgehead atoms. The molecule has 6 heteroatoms. The quantitative estimate of drug-likeness (QED) is 0.730. The molecule has 0 aliphatic rings. The molecule has 142 valence electrons. The van der Waals surface area contributed by atoms with E-state index in [-0.39, 0.29) is 18.2 Å². The fourth-order valence-corrected chi connectivity index (χ4v) is 2.53. The summed E-state index contributed by atoms with van der Waals surface area (Å²) in [4.78, 5) is 35.3. The standard InChI is InChI=1S/C21H24N2O4/c1-14(17-7-5-4-6-8-17)13-20(25)27-15(2)21(26)23-19-11-9-18(10-12-19)22-16(3)24/h4-12,14-15H,13H2,1-3H3,(H,22,24)(H,23,26)/t14-,15-/m1/s1. The molecule has 2 atom stereocenters. The molecule has 2 aromatic carbocycles. The largest absolute Gasteiger partial charge is 0.453 e. The third kappa shape index (κ3) is 6.58. The Hall–Kier alpha value is -3.15. The molecule has 6 nitrogen and oxygen atoms in total. The van der Waals surface area contributed by atoms with Crippen molar-refractivity contribution in [3.63, 3.8) is 0 Å². The first-order valence-electron chi connectivity index (χ1n) is 8.78. The number of anilines is 2. The lowest BCUT2D eigenvalue weighted by Crippen LogP contribution is -2.30. The summed E-state index contributed by atoms with van der Waals surface area (Å²) in [6.45, 7) is 4.90. The van der Waals surface area contributed by atoms with E-state index in [4.69, 9.17) is 4.74 Å². The summed E-state index contributed by atoms with van der Waals surface area (Å²) >= 11 is 0. The van der Waals surface area contributed by atoms with Crippen molar-refractivity contribution >= 4 is 29.2 Å². The lowest BCUT2D eigenvalue weighted by Gasteiger charge is -2.16. The Morgan fingerprint density at radius 1 is 0.889 bits per heavy atom. The predicted octanol–water partition coefficient (Wildman–Crippen LogP) is 3.71. The van der Waals surface area contributed by atoms with E-state index in [1.165, 1.54) is 13.8 Å². The lowest BCUT2D eigenvalue weighted by molar-refractivity contribution is -0.153. The number of hydrogen-bond acceptors (Lipinski definition) is 4. The van der Waals surface area contributed by atoms with Gasteiger partial charge in [0.25, 0.3) is 5.91 Å². The van der Waals surface area contributed by atoms with Crippen LogP contribution in [0.5, 0.6) is 0 Å². The van der Waals surface area contributed by atoms with Gasteiger partial charge in [-0.25, -0.2) is 0 Å². The maximum Gasteiger partial charge on any atom is 0.307 e. The van der Waals surface area contributed by atoms with Gasteiger partial charge < -0.3 is 15.4 Å². The summed E-state index contributed by atoms with van der Waals surface area (Å²) in [6.07, 6.45) is -0.706. The minimum atomic E-state index is -0.907. The molecule has 0 radical (unpaired) electrons. The van der Waals surface area contributed by atoms with E-state index in [1.54, 1.807) is 24.3 Å². The van der Waals surface area contributed by atoms with Crippen LogP contribution in [0.2, 0.25) is 0 Å². The summed E-state index contributed by atoms with van der Waals surface area (Å²) in [7, 11) is 0. The number of amides is 2. The number of carbonyl (C=O) groups excluding carboxylic acids is 3. The van der Waals surface area contributed by atoms with E-state index in [9.17, 15) is 14.4 Å². The molecule has 0 heterocycles. The average Bonchev–Trinajstić information content (AvgIpc) is 2.63. The number of nitrogens with one attached hydrogen (secondary N) is 2. The number of rotatable bonds is 7. The summed E-state index contributed by atoms with van der Waals surface area (Å²) in [5, 5.41) is 5.33. The van der Waals surface area contributed by atoms with Crippen molar-refractivity contribution in [1.82, 2.24) is 0 Å². The van der Waals surface area contributed by atoms with Crippen LogP contribution in [0.15, 0.2) is 54.6 Å². The summed E-state index contributed by atoms with van der Waals surface area (Å²) in [5.74, 6) is -0.995. The van der Waals surface area contributed by atoms with E-state index < -0.39 is 18.0 Å². The summed E-state index contributed by atoms with van der Waals surface area (Å²) in [6, 6.07) is 16.4. The van der Waals surface area contributed by atoms with Crippen molar-refractivity contribution < 1.29 is 19.1 Å². The molecule has 2 amide bonds. The monoisotopic (exact) mass is 368 g/mol. The van der Waals surface area contributed by atoms with Gasteiger partial charge in [-0.05, 0) is 42.7 Å². The van der Waals surface area contributed by atoms with Gasteiger partial charge in [0, 0.05) is 18.3 Å². The Kier molecular flexibility index (Phi) is 7.11. The molecule has 2 rings (SSSR count). The van der Waals surface area contributed by atoms with Gasteiger partial charge in [-0.15, -0.1) is 0 Å². The fourth-order valence-electron chi connectivity index (χ4n) is 2.53. The Labute approximate surface area is 158 Å². The van der Waals surface area contributed by atoms with Gasteiger partial charge >= 0.3 is 5.97 Å². The Morgan fingerprint density at radius 2 is 1.44 bits per heavy atom. The van der Waals surface area contributed by atoms with Gasteiger partial charge in [-0.2, -0.15) is 0 Å². The molecule has 2 aromatic rings. The Morgan fingerprint density at radius 3 is 2.00 bits per heavy atom. The van der Waals surface area contributed by atoms with E-state index in [2.05, 4.69) is 10.6 Å². The summed E-state index contributed by atoms with van der Waals surface area (Å²) < 4.78 is 5.24. The molecule has 0 spiro atoms. The molecule has 2 N–H and O–H groups in total.